The highest BCUT2D eigenvalue weighted by Crippen LogP contribution is 2.30. The van der Waals surface area contributed by atoms with Gasteiger partial charge in [-0.2, -0.15) is 0 Å². The number of hydrogen-bond acceptors (Lipinski definition) is 3. The van der Waals surface area contributed by atoms with Crippen molar-refractivity contribution in [3.8, 4) is 0 Å². The van der Waals surface area contributed by atoms with Gasteiger partial charge in [-0.3, -0.25) is 9.69 Å². The predicted octanol–water partition coefficient (Wildman–Crippen LogP) is 4.17. The molecule has 4 rings (SSSR count). The normalized spacial score (nSPS) is 22.5. The first kappa shape index (κ1) is 16.7. The molecule has 2 aliphatic rings. The lowest BCUT2D eigenvalue weighted by molar-refractivity contribution is 0.0757. The van der Waals surface area contributed by atoms with Crippen molar-refractivity contribution in [1.29, 1.82) is 0 Å². The molecule has 2 aromatic rings. The number of benzene rings is 2. The summed E-state index contributed by atoms with van der Waals surface area (Å²) in [5, 5.41) is 11.4. The highest BCUT2D eigenvalue weighted by molar-refractivity contribution is 6.01. The van der Waals surface area contributed by atoms with Gasteiger partial charge in [-0.15, -0.1) is 0 Å². The summed E-state index contributed by atoms with van der Waals surface area (Å²) in [4.78, 5) is 15.6. The van der Waals surface area contributed by atoms with E-state index < -0.39 is 0 Å². The highest BCUT2D eigenvalue weighted by Gasteiger charge is 2.31. The fourth-order valence-electron chi connectivity index (χ4n) is 4.60. The Bertz CT molecular complexity index is 764. The Morgan fingerprint density at radius 3 is 2.56 bits per heavy atom. The number of likely N-dealkylation sites (tertiary alicyclic amines) is 1. The summed E-state index contributed by atoms with van der Waals surface area (Å²) in [5.74, 6) is 0.444. The lowest BCUT2D eigenvalue weighted by atomic mass is 9.88. The monoisotopic (exact) mass is 337 g/mol. The lowest BCUT2D eigenvalue weighted by Crippen LogP contribution is -2.43. The maximum absolute atomic E-state index is 13.1. The lowest BCUT2D eigenvalue weighted by Gasteiger charge is -2.36. The third kappa shape index (κ3) is 3.49. The third-order valence-electron chi connectivity index (χ3n) is 6.04. The van der Waals surface area contributed by atoms with Crippen molar-refractivity contribution in [2.75, 3.05) is 13.1 Å². The van der Waals surface area contributed by atoms with Gasteiger partial charge in [0.2, 0.25) is 0 Å². The van der Waals surface area contributed by atoms with Gasteiger partial charge in [0.15, 0.2) is 5.78 Å². The van der Waals surface area contributed by atoms with Crippen molar-refractivity contribution in [3.63, 3.8) is 0 Å². The summed E-state index contributed by atoms with van der Waals surface area (Å²) in [6, 6.07) is 12.6. The Labute approximate surface area is 149 Å². The van der Waals surface area contributed by atoms with E-state index in [0.717, 1.165) is 47.8 Å². The second-order valence-electron chi connectivity index (χ2n) is 7.69. The minimum Gasteiger partial charge on any atom is -0.392 e. The summed E-state index contributed by atoms with van der Waals surface area (Å²) >= 11 is 0. The van der Waals surface area contributed by atoms with Crippen LogP contribution in [0.2, 0.25) is 0 Å². The SMILES string of the molecule is O=C(c1ccc2cc(CO)ccc2c1)C1CCCN(C2CCCC2)C1. The maximum atomic E-state index is 13.1. The van der Waals surface area contributed by atoms with Gasteiger partial charge in [0, 0.05) is 24.1 Å². The van der Waals surface area contributed by atoms with E-state index in [1.54, 1.807) is 0 Å². The van der Waals surface area contributed by atoms with Crippen LogP contribution in [0, 0.1) is 5.92 Å². The Morgan fingerprint density at radius 1 is 1.00 bits per heavy atom. The summed E-state index contributed by atoms with van der Waals surface area (Å²) in [7, 11) is 0. The molecule has 1 saturated carbocycles. The smallest absolute Gasteiger partial charge is 0.167 e. The number of piperidine rings is 1. The molecule has 132 valence electrons. The summed E-state index contributed by atoms with van der Waals surface area (Å²) in [5.41, 5.74) is 1.74. The molecule has 0 aromatic heterocycles. The standard InChI is InChI=1S/C22H27NO2/c24-15-16-7-8-18-13-19(10-9-17(18)12-16)22(25)20-4-3-11-23(14-20)21-5-1-2-6-21/h7-10,12-13,20-21,24H,1-6,11,14-15H2. The van der Waals surface area contributed by atoms with Crippen LogP contribution in [0.4, 0.5) is 0 Å². The maximum Gasteiger partial charge on any atom is 0.167 e. The van der Waals surface area contributed by atoms with Gasteiger partial charge in [0.1, 0.15) is 0 Å². The average molecular weight is 337 g/mol. The quantitative estimate of drug-likeness (QED) is 0.851. The van der Waals surface area contributed by atoms with E-state index in [-0.39, 0.29) is 12.5 Å². The number of ketones is 1. The van der Waals surface area contributed by atoms with E-state index in [0.29, 0.717) is 11.8 Å². The number of carbonyl (C=O) groups excluding carboxylic acids is 1. The summed E-state index contributed by atoms with van der Waals surface area (Å²) in [6.07, 6.45) is 7.47. The van der Waals surface area contributed by atoms with Crippen LogP contribution >= 0.6 is 0 Å². The zero-order valence-corrected chi connectivity index (χ0v) is 14.8. The zero-order valence-electron chi connectivity index (χ0n) is 14.8. The molecule has 0 bridgehead atoms. The minimum absolute atomic E-state index is 0.0513. The molecule has 3 heteroatoms. The Kier molecular flexibility index (Phi) is 4.87. The van der Waals surface area contributed by atoms with E-state index in [1.807, 2.05) is 36.4 Å². The van der Waals surface area contributed by atoms with Crippen LogP contribution in [0.5, 0.6) is 0 Å². The Hall–Kier alpha value is -1.71. The van der Waals surface area contributed by atoms with Crippen LogP contribution in [0.1, 0.15) is 54.4 Å². The molecule has 25 heavy (non-hydrogen) atoms. The number of nitrogens with zero attached hydrogens (tertiary/aromatic N) is 1. The van der Waals surface area contributed by atoms with Crippen molar-refractivity contribution >= 4 is 16.6 Å². The number of aliphatic hydroxyl groups excluding tert-OH is 1. The van der Waals surface area contributed by atoms with Gasteiger partial charge in [-0.05, 0) is 60.7 Å². The minimum atomic E-state index is 0.0513. The van der Waals surface area contributed by atoms with Crippen LogP contribution in [0.25, 0.3) is 10.8 Å². The van der Waals surface area contributed by atoms with Crippen LogP contribution < -0.4 is 0 Å². The molecule has 1 unspecified atom stereocenters. The van der Waals surface area contributed by atoms with Crippen molar-refractivity contribution < 1.29 is 9.90 Å². The van der Waals surface area contributed by atoms with Crippen LogP contribution in [-0.2, 0) is 6.61 Å². The molecule has 0 radical (unpaired) electrons. The summed E-state index contributed by atoms with van der Waals surface area (Å²) in [6.45, 7) is 2.15. The second kappa shape index (κ2) is 7.27. The molecule has 1 saturated heterocycles. The first-order valence-electron chi connectivity index (χ1n) is 9.66. The van der Waals surface area contributed by atoms with Crippen molar-refractivity contribution in [1.82, 2.24) is 4.90 Å². The number of carbonyl (C=O) groups is 1. The largest absolute Gasteiger partial charge is 0.392 e. The number of rotatable bonds is 4. The van der Waals surface area contributed by atoms with Gasteiger partial charge in [0.25, 0.3) is 0 Å². The van der Waals surface area contributed by atoms with Gasteiger partial charge >= 0.3 is 0 Å². The second-order valence-corrected chi connectivity index (χ2v) is 7.69. The molecule has 1 aliphatic carbocycles. The Balaban J connectivity index is 1.52. The van der Waals surface area contributed by atoms with Gasteiger partial charge in [-0.25, -0.2) is 0 Å². The third-order valence-corrected chi connectivity index (χ3v) is 6.04. The molecule has 1 atom stereocenters. The fraction of sp³-hybridized carbons (Fsp3) is 0.500. The molecular formula is C22H27NO2. The van der Waals surface area contributed by atoms with E-state index >= 15 is 0 Å². The summed E-state index contributed by atoms with van der Waals surface area (Å²) < 4.78 is 0. The van der Waals surface area contributed by atoms with Crippen molar-refractivity contribution in [2.24, 2.45) is 5.92 Å². The number of aliphatic hydroxyl groups is 1. The molecular weight excluding hydrogens is 310 g/mol. The van der Waals surface area contributed by atoms with Gasteiger partial charge in [0.05, 0.1) is 6.61 Å². The molecule has 2 fully saturated rings. The van der Waals surface area contributed by atoms with Crippen LogP contribution in [0.3, 0.4) is 0 Å². The number of Topliss-reactive ketones (excluding diaryl/α,β-unsaturated/α-hetero) is 1. The first-order valence-corrected chi connectivity index (χ1v) is 9.66. The molecule has 2 aromatic carbocycles. The van der Waals surface area contributed by atoms with Crippen LogP contribution in [-0.4, -0.2) is 34.9 Å². The topological polar surface area (TPSA) is 40.5 Å². The van der Waals surface area contributed by atoms with E-state index in [9.17, 15) is 9.90 Å². The molecule has 1 heterocycles. The zero-order chi connectivity index (χ0) is 17.2. The van der Waals surface area contributed by atoms with Crippen molar-refractivity contribution in [2.45, 2.75) is 51.2 Å². The predicted molar refractivity (Wildman–Crippen MR) is 101 cm³/mol. The van der Waals surface area contributed by atoms with Gasteiger partial charge < -0.3 is 5.11 Å². The highest BCUT2D eigenvalue weighted by atomic mass is 16.3. The molecule has 0 amide bonds. The van der Waals surface area contributed by atoms with Gasteiger partial charge in [-0.1, -0.05) is 37.1 Å². The first-order chi connectivity index (χ1) is 12.2. The Morgan fingerprint density at radius 2 is 1.76 bits per heavy atom. The molecule has 3 nitrogen and oxygen atoms in total. The number of hydrogen-bond donors (Lipinski definition) is 1. The van der Waals surface area contributed by atoms with E-state index in [4.69, 9.17) is 0 Å². The molecule has 1 aliphatic heterocycles. The average Bonchev–Trinajstić information content (AvgIpc) is 3.21. The fourth-order valence-corrected chi connectivity index (χ4v) is 4.60. The molecule has 1 N–H and O–H groups in total. The van der Waals surface area contributed by atoms with Crippen molar-refractivity contribution in [3.05, 3.63) is 47.5 Å². The van der Waals surface area contributed by atoms with E-state index in [2.05, 4.69) is 4.90 Å². The number of fused-ring (bicyclic) bond motifs is 1. The molecule has 0 spiro atoms. The van der Waals surface area contributed by atoms with E-state index in [1.165, 1.54) is 25.7 Å². The van der Waals surface area contributed by atoms with Crippen LogP contribution in [0.15, 0.2) is 36.4 Å².